The van der Waals surface area contributed by atoms with Crippen LogP contribution in [0.25, 0.3) is 5.69 Å². The SMILES string of the molecule is CCCN1CNc2c(c(=O)[nH]c(=S)n2-c2ccc(OC)cc2)C1. The summed E-state index contributed by atoms with van der Waals surface area (Å²) in [4.78, 5) is 17.3. The second-order valence-corrected chi connectivity index (χ2v) is 5.89. The number of nitrogens with zero attached hydrogens (tertiary/aromatic N) is 2. The number of rotatable bonds is 4. The number of ether oxygens (including phenoxy) is 1. The summed E-state index contributed by atoms with van der Waals surface area (Å²) in [5.41, 5.74) is 1.48. The molecule has 0 aliphatic carbocycles. The summed E-state index contributed by atoms with van der Waals surface area (Å²) in [6.07, 6.45) is 1.05. The molecule has 1 aliphatic heterocycles. The number of nitrogens with one attached hydrogen (secondary N) is 2. The van der Waals surface area contributed by atoms with E-state index in [9.17, 15) is 4.79 Å². The van der Waals surface area contributed by atoms with E-state index in [0.29, 0.717) is 23.5 Å². The van der Waals surface area contributed by atoms with Gasteiger partial charge in [-0.15, -0.1) is 0 Å². The van der Waals surface area contributed by atoms with Crippen molar-refractivity contribution in [2.24, 2.45) is 0 Å². The third kappa shape index (κ3) is 3.02. The van der Waals surface area contributed by atoms with E-state index >= 15 is 0 Å². The van der Waals surface area contributed by atoms with Crippen LogP contribution in [0.2, 0.25) is 0 Å². The fourth-order valence-electron chi connectivity index (χ4n) is 2.82. The van der Waals surface area contributed by atoms with E-state index in [-0.39, 0.29) is 5.56 Å². The summed E-state index contributed by atoms with van der Waals surface area (Å²) in [6, 6.07) is 7.60. The molecule has 1 aromatic heterocycles. The van der Waals surface area contributed by atoms with Crippen LogP contribution in [-0.2, 0) is 6.54 Å². The van der Waals surface area contributed by atoms with Gasteiger partial charge in [0.25, 0.3) is 5.56 Å². The van der Waals surface area contributed by atoms with E-state index in [1.807, 2.05) is 28.8 Å². The van der Waals surface area contributed by atoms with Crippen LogP contribution in [0.5, 0.6) is 5.75 Å². The average molecular weight is 332 g/mol. The van der Waals surface area contributed by atoms with Crippen molar-refractivity contribution in [2.45, 2.75) is 19.9 Å². The average Bonchev–Trinajstić information content (AvgIpc) is 2.56. The molecule has 1 aliphatic rings. The molecular weight excluding hydrogens is 312 g/mol. The van der Waals surface area contributed by atoms with E-state index < -0.39 is 0 Å². The Labute approximate surface area is 139 Å². The third-order valence-corrected chi connectivity index (χ3v) is 4.21. The molecule has 0 radical (unpaired) electrons. The molecule has 122 valence electrons. The first-order valence-electron chi connectivity index (χ1n) is 7.63. The summed E-state index contributed by atoms with van der Waals surface area (Å²) in [5.74, 6) is 1.55. The number of methoxy groups -OCH3 is 1. The minimum atomic E-state index is -0.122. The van der Waals surface area contributed by atoms with Crippen LogP contribution >= 0.6 is 12.2 Å². The van der Waals surface area contributed by atoms with Crippen molar-refractivity contribution < 1.29 is 4.74 Å². The van der Waals surface area contributed by atoms with Gasteiger partial charge in [-0.2, -0.15) is 0 Å². The molecule has 0 atom stereocenters. The van der Waals surface area contributed by atoms with Crippen LogP contribution < -0.4 is 15.6 Å². The fraction of sp³-hybridized carbons (Fsp3) is 0.375. The second-order valence-electron chi connectivity index (χ2n) is 5.51. The Hall–Kier alpha value is -2.12. The van der Waals surface area contributed by atoms with Crippen molar-refractivity contribution in [3.63, 3.8) is 0 Å². The first-order chi connectivity index (χ1) is 11.1. The van der Waals surface area contributed by atoms with E-state index in [1.165, 1.54) is 0 Å². The van der Waals surface area contributed by atoms with Gasteiger partial charge in [0.2, 0.25) is 0 Å². The number of anilines is 1. The number of fused-ring (bicyclic) bond motifs is 1. The van der Waals surface area contributed by atoms with Crippen molar-refractivity contribution >= 4 is 18.0 Å². The Morgan fingerprint density at radius 2 is 2.04 bits per heavy atom. The molecule has 6 nitrogen and oxygen atoms in total. The maximum atomic E-state index is 12.3. The lowest BCUT2D eigenvalue weighted by Crippen LogP contribution is -2.39. The summed E-state index contributed by atoms with van der Waals surface area (Å²) in [7, 11) is 1.63. The van der Waals surface area contributed by atoms with Crippen molar-refractivity contribution in [1.29, 1.82) is 0 Å². The van der Waals surface area contributed by atoms with E-state index in [2.05, 4.69) is 22.1 Å². The lowest BCUT2D eigenvalue weighted by Gasteiger charge is -2.30. The molecule has 0 saturated carbocycles. The molecule has 0 amide bonds. The predicted octanol–water partition coefficient (Wildman–Crippen LogP) is 2.50. The largest absolute Gasteiger partial charge is 0.497 e. The summed E-state index contributed by atoms with van der Waals surface area (Å²) < 4.78 is 7.45. The number of hydrogen-bond acceptors (Lipinski definition) is 5. The van der Waals surface area contributed by atoms with Gasteiger partial charge in [-0.05, 0) is 49.4 Å². The summed E-state index contributed by atoms with van der Waals surface area (Å²) in [6.45, 7) is 4.40. The van der Waals surface area contributed by atoms with Gasteiger partial charge < -0.3 is 10.1 Å². The topological polar surface area (TPSA) is 62.3 Å². The number of H-pyrrole nitrogens is 1. The van der Waals surface area contributed by atoms with Gasteiger partial charge in [0.05, 0.1) is 25.0 Å². The van der Waals surface area contributed by atoms with Crippen molar-refractivity contribution in [2.75, 3.05) is 25.6 Å². The van der Waals surface area contributed by atoms with E-state index in [4.69, 9.17) is 17.0 Å². The lowest BCUT2D eigenvalue weighted by atomic mass is 10.2. The number of benzene rings is 1. The van der Waals surface area contributed by atoms with Gasteiger partial charge in [-0.25, -0.2) is 0 Å². The number of aromatic amines is 1. The van der Waals surface area contributed by atoms with Gasteiger partial charge in [0.15, 0.2) is 4.77 Å². The molecule has 3 rings (SSSR count). The van der Waals surface area contributed by atoms with Crippen molar-refractivity contribution in [3.05, 3.63) is 45.0 Å². The zero-order valence-corrected chi connectivity index (χ0v) is 14.1. The van der Waals surface area contributed by atoms with Gasteiger partial charge in [-0.1, -0.05) is 6.92 Å². The lowest BCUT2D eigenvalue weighted by molar-refractivity contribution is 0.273. The minimum absolute atomic E-state index is 0.122. The van der Waals surface area contributed by atoms with Crippen molar-refractivity contribution in [1.82, 2.24) is 14.5 Å². The Morgan fingerprint density at radius 3 is 2.70 bits per heavy atom. The molecule has 0 fully saturated rings. The first kappa shape index (κ1) is 15.8. The number of hydrogen-bond donors (Lipinski definition) is 2. The smallest absolute Gasteiger partial charge is 0.258 e. The van der Waals surface area contributed by atoms with Crippen LogP contribution in [0, 0.1) is 4.77 Å². The number of aromatic nitrogens is 2. The van der Waals surface area contributed by atoms with Crippen LogP contribution in [0.4, 0.5) is 5.82 Å². The quantitative estimate of drug-likeness (QED) is 0.843. The molecular formula is C16H20N4O2S. The molecule has 7 heteroatoms. The second kappa shape index (κ2) is 6.55. The molecule has 2 heterocycles. The van der Waals surface area contributed by atoms with Crippen LogP contribution in [0.15, 0.2) is 29.1 Å². The highest BCUT2D eigenvalue weighted by molar-refractivity contribution is 7.71. The normalized spacial score (nSPS) is 14.2. The Bertz CT molecular complexity index is 810. The molecule has 1 aromatic carbocycles. The highest BCUT2D eigenvalue weighted by atomic mass is 32.1. The fourth-order valence-corrected chi connectivity index (χ4v) is 3.11. The third-order valence-electron chi connectivity index (χ3n) is 3.93. The van der Waals surface area contributed by atoms with Crippen LogP contribution in [0.3, 0.4) is 0 Å². The molecule has 0 saturated heterocycles. The zero-order chi connectivity index (χ0) is 16.4. The molecule has 23 heavy (non-hydrogen) atoms. The molecule has 2 N–H and O–H groups in total. The monoisotopic (exact) mass is 332 g/mol. The molecule has 0 bridgehead atoms. The Kier molecular flexibility index (Phi) is 4.49. The minimum Gasteiger partial charge on any atom is -0.497 e. The standard InChI is InChI=1S/C16H20N4O2S/c1-3-8-19-9-13-14(17-10-19)20(16(23)18-15(13)21)11-4-6-12(22-2)7-5-11/h4-7,17H,3,8-10H2,1-2H3,(H,18,21,23). The van der Waals surface area contributed by atoms with E-state index in [1.54, 1.807) is 7.11 Å². The molecule has 2 aromatic rings. The summed E-state index contributed by atoms with van der Waals surface area (Å²) in [5, 5.41) is 3.35. The van der Waals surface area contributed by atoms with Crippen LogP contribution in [0.1, 0.15) is 18.9 Å². The first-order valence-corrected chi connectivity index (χ1v) is 8.03. The Balaban J connectivity index is 2.09. The summed E-state index contributed by atoms with van der Waals surface area (Å²) >= 11 is 5.37. The maximum Gasteiger partial charge on any atom is 0.258 e. The Morgan fingerprint density at radius 1 is 1.30 bits per heavy atom. The predicted molar refractivity (Wildman–Crippen MR) is 93.0 cm³/mol. The highest BCUT2D eigenvalue weighted by Gasteiger charge is 2.22. The van der Waals surface area contributed by atoms with Crippen LogP contribution in [-0.4, -0.2) is 34.8 Å². The zero-order valence-electron chi connectivity index (χ0n) is 13.3. The molecule has 0 spiro atoms. The highest BCUT2D eigenvalue weighted by Crippen LogP contribution is 2.24. The van der Waals surface area contributed by atoms with Gasteiger partial charge in [0.1, 0.15) is 11.6 Å². The van der Waals surface area contributed by atoms with Gasteiger partial charge in [0, 0.05) is 6.54 Å². The maximum absolute atomic E-state index is 12.3. The van der Waals surface area contributed by atoms with Gasteiger partial charge >= 0.3 is 0 Å². The van der Waals surface area contributed by atoms with E-state index in [0.717, 1.165) is 30.2 Å². The van der Waals surface area contributed by atoms with Crippen molar-refractivity contribution in [3.8, 4) is 11.4 Å². The molecule has 0 unspecified atom stereocenters. The van der Waals surface area contributed by atoms with Gasteiger partial charge in [-0.3, -0.25) is 19.2 Å².